The Balaban J connectivity index is 1.29. The van der Waals surface area contributed by atoms with Crippen LogP contribution < -0.4 is 14.8 Å². The molecule has 2 heterocycles. The van der Waals surface area contributed by atoms with Crippen LogP contribution in [0.2, 0.25) is 0 Å². The number of rotatable bonds is 6. The molecule has 4 rings (SSSR count). The van der Waals surface area contributed by atoms with Gasteiger partial charge in [-0.2, -0.15) is 0 Å². The van der Waals surface area contributed by atoms with Crippen molar-refractivity contribution in [1.29, 1.82) is 0 Å². The van der Waals surface area contributed by atoms with Gasteiger partial charge >= 0.3 is 5.97 Å². The summed E-state index contributed by atoms with van der Waals surface area (Å²) in [6.07, 6.45) is -1.10. The summed E-state index contributed by atoms with van der Waals surface area (Å²) in [4.78, 5) is 49.8. The molecule has 0 aliphatic carbocycles. The van der Waals surface area contributed by atoms with E-state index in [0.29, 0.717) is 11.5 Å². The first-order valence-corrected chi connectivity index (χ1v) is 9.25. The van der Waals surface area contributed by atoms with Gasteiger partial charge in [-0.15, -0.1) is 0 Å². The number of nitrogens with zero attached hydrogens (tertiary/aromatic N) is 1. The van der Waals surface area contributed by atoms with E-state index in [1.165, 1.54) is 19.1 Å². The maximum atomic E-state index is 12.3. The molecule has 0 unspecified atom stereocenters. The molecular weight excluding hydrogens is 392 g/mol. The first-order valence-electron chi connectivity index (χ1n) is 9.25. The highest BCUT2D eigenvalue weighted by atomic mass is 16.7. The Morgan fingerprint density at radius 2 is 1.73 bits per heavy atom. The highest BCUT2D eigenvalue weighted by Gasteiger charge is 2.37. The number of carbonyl (C=O) groups is 4. The summed E-state index contributed by atoms with van der Waals surface area (Å²) in [7, 11) is 0. The number of esters is 1. The third-order valence-electron chi connectivity index (χ3n) is 4.75. The van der Waals surface area contributed by atoms with E-state index in [9.17, 15) is 19.2 Å². The highest BCUT2D eigenvalue weighted by Crippen LogP contribution is 2.32. The van der Waals surface area contributed by atoms with E-state index in [4.69, 9.17) is 14.2 Å². The molecule has 2 aromatic carbocycles. The van der Waals surface area contributed by atoms with Crippen LogP contribution in [0.15, 0.2) is 42.5 Å². The lowest BCUT2D eigenvalue weighted by atomic mass is 10.1. The third kappa shape index (κ3) is 3.69. The molecule has 1 atom stereocenters. The van der Waals surface area contributed by atoms with Crippen LogP contribution in [0.5, 0.6) is 11.5 Å². The Hall–Kier alpha value is -3.88. The van der Waals surface area contributed by atoms with Crippen molar-refractivity contribution in [1.82, 2.24) is 10.2 Å². The standard InChI is InChI=1S/C21H18N2O7/c1-12(19(25)22-9-13-6-7-16-17(8-13)29-11-28-16)30-18(24)10-23-20(26)14-4-2-3-5-15(14)21(23)27/h2-8,12H,9-11H2,1H3,(H,22,25)/t12-/m0/s1. The van der Waals surface area contributed by atoms with E-state index in [2.05, 4.69) is 5.32 Å². The fraction of sp³-hybridized carbons (Fsp3) is 0.238. The minimum atomic E-state index is -1.10. The average Bonchev–Trinajstić information content (AvgIpc) is 3.30. The second-order valence-electron chi connectivity index (χ2n) is 6.78. The smallest absolute Gasteiger partial charge is 0.326 e. The minimum absolute atomic E-state index is 0.158. The molecule has 154 valence electrons. The zero-order chi connectivity index (χ0) is 21.3. The Labute approximate surface area is 171 Å². The molecule has 9 heteroatoms. The predicted octanol–water partition coefficient (Wildman–Crippen LogP) is 1.26. The van der Waals surface area contributed by atoms with Crippen molar-refractivity contribution in [3.63, 3.8) is 0 Å². The number of fused-ring (bicyclic) bond motifs is 2. The summed E-state index contributed by atoms with van der Waals surface area (Å²) in [5, 5.41) is 2.66. The molecular formula is C21H18N2O7. The molecule has 0 saturated heterocycles. The number of carbonyl (C=O) groups excluding carboxylic acids is 4. The van der Waals surface area contributed by atoms with Gasteiger partial charge in [0.2, 0.25) is 6.79 Å². The van der Waals surface area contributed by atoms with E-state index < -0.39 is 36.3 Å². The van der Waals surface area contributed by atoms with Crippen molar-refractivity contribution >= 4 is 23.7 Å². The van der Waals surface area contributed by atoms with Gasteiger partial charge in [0.1, 0.15) is 6.54 Å². The molecule has 2 aromatic rings. The van der Waals surface area contributed by atoms with Gasteiger partial charge in [-0.3, -0.25) is 24.1 Å². The molecule has 0 radical (unpaired) electrons. The number of hydrogen-bond donors (Lipinski definition) is 1. The van der Waals surface area contributed by atoms with Gasteiger partial charge < -0.3 is 19.5 Å². The van der Waals surface area contributed by atoms with Crippen LogP contribution in [-0.2, 0) is 20.9 Å². The van der Waals surface area contributed by atoms with Gasteiger partial charge in [-0.25, -0.2) is 0 Å². The van der Waals surface area contributed by atoms with Gasteiger partial charge in [-0.1, -0.05) is 18.2 Å². The number of amides is 3. The lowest BCUT2D eigenvalue weighted by molar-refractivity contribution is -0.155. The number of imide groups is 1. The second kappa shape index (κ2) is 7.86. The van der Waals surface area contributed by atoms with E-state index >= 15 is 0 Å². The number of hydrogen-bond acceptors (Lipinski definition) is 7. The molecule has 3 amide bonds. The first-order chi connectivity index (χ1) is 14.4. The van der Waals surface area contributed by atoms with Gasteiger partial charge in [0.05, 0.1) is 11.1 Å². The van der Waals surface area contributed by atoms with Crippen molar-refractivity contribution in [2.45, 2.75) is 19.6 Å². The Morgan fingerprint density at radius 3 is 2.43 bits per heavy atom. The van der Waals surface area contributed by atoms with Crippen molar-refractivity contribution in [3.8, 4) is 11.5 Å². The van der Waals surface area contributed by atoms with E-state index in [0.717, 1.165) is 10.5 Å². The fourth-order valence-corrected chi connectivity index (χ4v) is 3.18. The maximum absolute atomic E-state index is 12.3. The molecule has 30 heavy (non-hydrogen) atoms. The summed E-state index contributed by atoms with van der Waals surface area (Å²) in [5.41, 5.74) is 1.27. The number of ether oxygens (including phenoxy) is 3. The van der Waals surface area contributed by atoms with Crippen molar-refractivity contribution in [2.24, 2.45) is 0 Å². The maximum Gasteiger partial charge on any atom is 0.326 e. The van der Waals surface area contributed by atoms with Crippen LogP contribution in [0.1, 0.15) is 33.2 Å². The zero-order valence-corrected chi connectivity index (χ0v) is 16.0. The van der Waals surface area contributed by atoms with Crippen LogP contribution in [0.4, 0.5) is 0 Å². The predicted molar refractivity (Wildman–Crippen MR) is 102 cm³/mol. The van der Waals surface area contributed by atoms with E-state index in [-0.39, 0.29) is 24.5 Å². The Kier molecular flexibility index (Phi) is 5.09. The fourth-order valence-electron chi connectivity index (χ4n) is 3.18. The lowest BCUT2D eigenvalue weighted by Gasteiger charge is -2.17. The SMILES string of the molecule is C[C@H](OC(=O)CN1C(=O)c2ccccc2C1=O)C(=O)NCc1ccc2c(c1)OCO2. The van der Waals surface area contributed by atoms with Gasteiger partial charge in [0, 0.05) is 6.54 Å². The normalized spacial score (nSPS) is 15.0. The molecule has 9 nitrogen and oxygen atoms in total. The van der Waals surface area contributed by atoms with Gasteiger partial charge in [0.15, 0.2) is 17.6 Å². The summed E-state index contributed by atoms with van der Waals surface area (Å²) in [6.45, 7) is 1.21. The minimum Gasteiger partial charge on any atom is -0.454 e. The van der Waals surface area contributed by atoms with Crippen LogP contribution in [0, 0.1) is 0 Å². The average molecular weight is 410 g/mol. The topological polar surface area (TPSA) is 111 Å². The quantitative estimate of drug-likeness (QED) is 0.564. The largest absolute Gasteiger partial charge is 0.454 e. The summed E-state index contributed by atoms with van der Waals surface area (Å²) >= 11 is 0. The Bertz CT molecular complexity index is 1010. The van der Waals surface area contributed by atoms with Gasteiger partial charge in [0.25, 0.3) is 17.7 Å². The highest BCUT2D eigenvalue weighted by molar-refractivity contribution is 6.22. The second-order valence-corrected chi connectivity index (χ2v) is 6.78. The van der Waals surface area contributed by atoms with Crippen molar-refractivity contribution in [3.05, 3.63) is 59.2 Å². The van der Waals surface area contributed by atoms with Crippen molar-refractivity contribution < 1.29 is 33.4 Å². The molecule has 2 aliphatic rings. The monoisotopic (exact) mass is 410 g/mol. The zero-order valence-electron chi connectivity index (χ0n) is 16.0. The van der Waals surface area contributed by atoms with E-state index in [1.54, 1.807) is 30.3 Å². The number of benzene rings is 2. The van der Waals surface area contributed by atoms with Gasteiger partial charge in [-0.05, 0) is 36.8 Å². The summed E-state index contributed by atoms with van der Waals surface area (Å²) < 4.78 is 15.6. The van der Waals surface area contributed by atoms with E-state index in [1.807, 2.05) is 0 Å². The number of nitrogens with one attached hydrogen (secondary N) is 1. The summed E-state index contributed by atoms with van der Waals surface area (Å²) in [5.74, 6) is -1.25. The van der Waals surface area contributed by atoms with Crippen molar-refractivity contribution in [2.75, 3.05) is 13.3 Å². The lowest BCUT2D eigenvalue weighted by Crippen LogP contribution is -2.40. The first kappa shape index (κ1) is 19.4. The van der Waals surface area contributed by atoms with Crippen LogP contribution in [0.3, 0.4) is 0 Å². The Morgan fingerprint density at radius 1 is 1.07 bits per heavy atom. The molecule has 0 spiro atoms. The molecule has 1 N–H and O–H groups in total. The molecule has 0 fully saturated rings. The molecule has 2 aliphatic heterocycles. The third-order valence-corrected chi connectivity index (χ3v) is 4.75. The van der Waals surface area contributed by atoms with Crippen LogP contribution in [-0.4, -0.2) is 48.0 Å². The molecule has 0 bridgehead atoms. The molecule has 0 saturated carbocycles. The molecule has 0 aromatic heterocycles. The van der Waals surface area contributed by atoms with Crippen LogP contribution >= 0.6 is 0 Å². The van der Waals surface area contributed by atoms with Crippen LogP contribution in [0.25, 0.3) is 0 Å². The summed E-state index contributed by atoms with van der Waals surface area (Å²) in [6, 6.07) is 11.6.